The van der Waals surface area contributed by atoms with Gasteiger partial charge in [0.25, 0.3) is 5.91 Å². The van der Waals surface area contributed by atoms with Gasteiger partial charge in [-0.1, -0.05) is 18.2 Å². The minimum absolute atomic E-state index is 0.125. The summed E-state index contributed by atoms with van der Waals surface area (Å²) in [7, 11) is 4.15. The number of hydrogen-bond acceptors (Lipinski definition) is 4. The number of rotatable bonds is 3. The lowest BCUT2D eigenvalue weighted by Crippen LogP contribution is -2.37. The zero-order valence-corrected chi connectivity index (χ0v) is 15.4. The first kappa shape index (κ1) is 16.3. The molecule has 0 N–H and O–H groups in total. The van der Waals surface area contributed by atoms with Gasteiger partial charge < -0.3 is 9.80 Å². The SMILES string of the molecule is CN(C)CC1CN(C(=O)c2cc3ccccc3s2)Cc2ccnn2C1. The molecule has 1 atom stereocenters. The van der Waals surface area contributed by atoms with Crippen molar-refractivity contribution in [3.8, 4) is 0 Å². The zero-order valence-electron chi connectivity index (χ0n) is 14.6. The summed E-state index contributed by atoms with van der Waals surface area (Å²) in [5.41, 5.74) is 1.11. The fraction of sp³-hybridized carbons (Fsp3) is 0.368. The van der Waals surface area contributed by atoms with Gasteiger partial charge >= 0.3 is 0 Å². The Balaban J connectivity index is 1.64. The van der Waals surface area contributed by atoms with Gasteiger partial charge in [0.1, 0.15) is 0 Å². The molecule has 0 radical (unpaired) electrons. The Morgan fingerprint density at radius 2 is 2.12 bits per heavy atom. The predicted molar refractivity (Wildman–Crippen MR) is 101 cm³/mol. The molecule has 0 saturated heterocycles. The second kappa shape index (κ2) is 6.61. The molecule has 1 aromatic carbocycles. The third kappa shape index (κ3) is 3.32. The molecule has 130 valence electrons. The number of hydrogen-bond donors (Lipinski definition) is 0. The van der Waals surface area contributed by atoms with Gasteiger partial charge in [-0.2, -0.15) is 5.10 Å². The van der Waals surface area contributed by atoms with E-state index >= 15 is 0 Å². The summed E-state index contributed by atoms with van der Waals surface area (Å²) in [6, 6.07) is 12.2. The second-order valence-electron chi connectivity index (χ2n) is 6.97. The Labute approximate surface area is 151 Å². The molecule has 0 bridgehead atoms. The molecule has 2 aromatic heterocycles. The van der Waals surface area contributed by atoms with E-state index in [-0.39, 0.29) is 5.91 Å². The van der Waals surface area contributed by atoms with Crippen molar-refractivity contribution in [1.82, 2.24) is 19.6 Å². The molecule has 6 heteroatoms. The minimum Gasteiger partial charge on any atom is -0.332 e. The van der Waals surface area contributed by atoms with Crippen LogP contribution < -0.4 is 0 Å². The minimum atomic E-state index is 0.125. The summed E-state index contributed by atoms with van der Waals surface area (Å²) in [4.78, 5) is 18.2. The van der Waals surface area contributed by atoms with Crippen LogP contribution >= 0.6 is 11.3 Å². The third-order valence-corrected chi connectivity index (χ3v) is 5.72. The summed E-state index contributed by atoms with van der Waals surface area (Å²) in [6.07, 6.45) is 1.83. The quantitative estimate of drug-likeness (QED) is 0.726. The molecule has 1 amide bonds. The van der Waals surface area contributed by atoms with Gasteiger partial charge in [-0.05, 0) is 37.7 Å². The molecule has 1 aliphatic rings. The highest BCUT2D eigenvalue weighted by Gasteiger charge is 2.27. The van der Waals surface area contributed by atoms with Crippen LogP contribution in [0.5, 0.6) is 0 Å². The average Bonchev–Trinajstić information content (AvgIpc) is 3.16. The number of carbonyl (C=O) groups excluding carboxylic acids is 1. The first-order valence-electron chi connectivity index (χ1n) is 8.53. The molecule has 4 rings (SSSR count). The van der Waals surface area contributed by atoms with Crippen molar-refractivity contribution in [2.24, 2.45) is 5.92 Å². The highest BCUT2D eigenvalue weighted by Crippen LogP contribution is 2.28. The van der Waals surface area contributed by atoms with Crippen molar-refractivity contribution in [2.75, 3.05) is 27.2 Å². The van der Waals surface area contributed by atoms with Crippen LogP contribution in [0.1, 0.15) is 15.4 Å². The van der Waals surface area contributed by atoms with Gasteiger partial charge in [0, 0.05) is 36.4 Å². The van der Waals surface area contributed by atoms with E-state index in [4.69, 9.17) is 0 Å². The molecular weight excluding hydrogens is 332 g/mol. The van der Waals surface area contributed by atoms with E-state index in [1.54, 1.807) is 11.3 Å². The molecule has 1 aliphatic heterocycles. The fourth-order valence-corrected chi connectivity index (χ4v) is 4.59. The van der Waals surface area contributed by atoms with Gasteiger partial charge in [0.15, 0.2) is 0 Å². The van der Waals surface area contributed by atoms with E-state index in [2.05, 4.69) is 36.2 Å². The summed E-state index contributed by atoms with van der Waals surface area (Å²) in [6.45, 7) is 3.18. The molecule has 1 unspecified atom stereocenters. The van der Waals surface area contributed by atoms with Crippen molar-refractivity contribution >= 4 is 27.3 Å². The number of nitrogens with zero attached hydrogens (tertiary/aromatic N) is 4. The van der Waals surface area contributed by atoms with Crippen LogP contribution in [-0.2, 0) is 13.1 Å². The van der Waals surface area contributed by atoms with Gasteiger partial charge in [0.2, 0.25) is 0 Å². The maximum absolute atomic E-state index is 13.2. The Hall–Kier alpha value is -2.18. The molecule has 0 aliphatic carbocycles. The van der Waals surface area contributed by atoms with Crippen molar-refractivity contribution in [2.45, 2.75) is 13.1 Å². The summed E-state index contributed by atoms with van der Waals surface area (Å²) >= 11 is 1.58. The van der Waals surface area contributed by atoms with E-state index in [0.29, 0.717) is 12.5 Å². The van der Waals surface area contributed by atoms with Crippen LogP contribution in [0.4, 0.5) is 0 Å². The number of thiophene rings is 1. The largest absolute Gasteiger partial charge is 0.332 e. The van der Waals surface area contributed by atoms with E-state index in [9.17, 15) is 4.79 Å². The number of fused-ring (bicyclic) bond motifs is 2. The van der Waals surface area contributed by atoms with Crippen LogP contribution in [0.3, 0.4) is 0 Å². The summed E-state index contributed by atoms with van der Waals surface area (Å²) in [5.74, 6) is 0.495. The van der Waals surface area contributed by atoms with E-state index in [0.717, 1.165) is 40.3 Å². The van der Waals surface area contributed by atoms with Gasteiger partial charge in [-0.15, -0.1) is 11.3 Å². The van der Waals surface area contributed by atoms with Crippen LogP contribution in [0.15, 0.2) is 42.6 Å². The van der Waals surface area contributed by atoms with Crippen LogP contribution in [0, 0.1) is 5.92 Å². The lowest BCUT2D eigenvalue weighted by atomic mass is 10.1. The van der Waals surface area contributed by atoms with Crippen LogP contribution in [0.2, 0.25) is 0 Å². The van der Waals surface area contributed by atoms with E-state index in [1.165, 1.54) is 0 Å². The molecular formula is C19H22N4OS. The molecule has 0 fully saturated rings. The maximum Gasteiger partial charge on any atom is 0.264 e. The number of benzene rings is 1. The Morgan fingerprint density at radius 1 is 1.28 bits per heavy atom. The van der Waals surface area contributed by atoms with Crippen LogP contribution in [-0.4, -0.2) is 52.7 Å². The fourth-order valence-electron chi connectivity index (χ4n) is 3.56. The van der Waals surface area contributed by atoms with E-state index < -0.39 is 0 Å². The highest BCUT2D eigenvalue weighted by atomic mass is 32.1. The number of aromatic nitrogens is 2. The smallest absolute Gasteiger partial charge is 0.264 e. The molecule has 0 saturated carbocycles. The molecule has 0 spiro atoms. The lowest BCUT2D eigenvalue weighted by molar-refractivity contribution is 0.0717. The standard InChI is InChI=1S/C19H22N4OS/c1-21(2)10-14-11-22(13-16-7-8-20-23(16)12-14)19(24)18-9-15-5-3-4-6-17(15)25-18/h3-9,14H,10-13H2,1-2H3. The Morgan fingerprint density at radius 3 is 2.92 bits per heavy atom. The number of amides is 1. The van der Waals surface area contributed by atoms with Gasteiger partial charge in [-0.25, -0.2) is 0 Å². The molecule has 5 nitrogen and oxygen atoms in total. The van der Waals surface area contributed by atoms with Crippen molar-refractivity contribution in [1.29, 1.82) is 0 Å². The van der Waals surface area contributed by atoms with Crippen molar-refractivity contribution in [3.63, 3.8) is 0 Å². The maximum atomic E-state index is 13.2. The van der Waals surface area contributed by atoms with Crippen LogP contribution in [0.25, 0.3) is 10.1 Å². The number of carbonyl (C=O) groups is 1. The first-order valence-corrected chi connectivity index (χ1v) is 9.35. The lowest BCUT2D eigenvalue weighted by Gasteiger charge is -2.25. The monoisotopic (exact) mass is 354 g/mol. The average molecular weight is 354 g/mol. The highest BCUT2D eigenvalue weighted by molar-refractivity contribution is 7.20. The zero-order chi connectivity index (χ0) is 17.4. The first-order chi connectivity index (χ1) is 12.1. The second-order valence-corrected chi connectivity index (χ2v) is 8.05. The Kier molecular flexibility index (Phi) is 4.31. The van der Waals surface area contributed by atoms with Gasteiger partial charge in [-0.3, -0.25) is 9.48 Å². The summed E-state index contributed by atoms with van der Waals surface area (Å²) < 4.78 is 3.21. The van der Waals surface area contributed by atoms with Crippen molar-refractivity contribution < 1.29 is 4.79 Å². The third-order valence-electron chi connectivity index (χ3n) is 4.61. The topological polar surface area (TPSA) is 41.4 Å². The Bertz CT molecular complexity index is 865. The predicted octanol–water partition coefficient (Wildman–Crippen LogP) is 2.93. The van der Waals surface area contributed by atoms with Crippen molar-refractivity contribution in [3.05, 3.63) is 53.2 Å². The van der Waals surface area contributed by atoms with Gasteiger partial charge in [0.05, 0.1) is 17.1 Å². The normalized spacial score (nSPS) is 17.7. The molecule has 25 heavy (non-hydrogen) atoms. The molecule has 3 heterocycles. The molecule has 3 aromatic rings. The summed E-state index contributed by atoms with van der Waals surface area (Å²) in [5, 5.41) is 5.58. The van der Waals surface area contributed by atoms with E-state index in [1.807, 2.05) is 40.0 Å².